The molecule has 0 bridgehead atoms. The minimum Gasteiger partial charge on any atom is -0.460 e. The van der Waals surface area contributed by atoms with Gasteiger partial charge in [0.25, 0.3) is 0 Å². The normalized spacial score (nSPS) is 12.5. The Kier molecular flexibility index (Phi) is 6.87. The zero-order chi connectivity index (χ0) is 13.5. The number of carbonyl (C=O) groups is 2. The zero-order valence-electron chi connectivity index (χ0n) is 10.3. The molecule has 5 nitrogen and oxygen atoms in total. The second kappa shape index (κ2) is 7.32. The third kappa shape index (κ3) is 7.79. The number of esters is 1. The van der Waals surface area contributed by atoms with Gasteiger partial charge in [0.2, 0.25) is 0 Å². The maximum absolute atomic E-state index is 11.5. The Hall–Kier alpha value is -1.04. The van der Waals surface area contributed by atoms with Gasteiger partial charge in [-0.15, -0.1) is 0 Å². The van der Waals surface area contributed by atoms with E-state index in [4.69, 9.17) is 9.47 Å². The van der Waals surface area contributed by atoms with Crippen LogP contribution in [0.5, 0.6) is 0 Å². The van der Waals surface area contributed by atoms with Crippen LogP contribution in [0.3, 0.4) is 0 Å². The summed E-state index contributed by atoms with van der Waals surface area (Å²) in [5, 5.41) is 2.67. The highest BCUT2D eigenvalue weighted by atomic mass is 79.9. The van der Waals surface area contributed by atoms with E-state index in [0.717, 1.165) is 0 Å². The molecule has 1 atom stereocenters. The fraction of sp³-hybridized carbons (Fsp3) is 0.636. The van der Waals surface area contributed by atoms with E-state index in [1.54, 1.807) is 20.8 Å². The van der Waals surface area contributed by atoms with Crippen LogP contribution < -0.4 is 5.32 Å². The SMILES string of the molecule is C=CCOC(=O)[C@H](CBr)NC(=O)OC(C)(C)C. The highest BCUT2D eigenvalue weighted by Gasteiger charge is 2.24. The van der Waals surface area contributed by atoms with Crippen molar-refractivity contribution in [2.75, 3.05) is 11.9 Å². The summed E-state index contributed by atoms with van der Waals surface area (Å²) in [6, 6.07) is -0.773. The maximum Gasteiger partial charge on any atom is 0.408 e. The molecule has 1 amide bonds. The Labute approximate surface area is 110 Å². The summed E-state index contributed by atoms with van der Waals surface area (Å²) < 4.78 is 9.84. The predicted molar refractivity (Wildman–Crippen MR) is 68.1 cm³/mol. The van der Waals surface area contributed by atoms with Gasteiger partial charge < -0.3 is 14.8 Å². The van der Waals surface area contributed by atoms with Crippen molar-refractivity contribution in [2.24, 2.45) is 0 Å². The van der Waals surface area contributed by atoms with E-state index in [2.05, 4.69) is 27.8 Å². The Morgan fingerprint density at radius 1 is 1.47 bits per heavy atom. The van der Waals surface area contributed by atoms with Crippen molar-refractivity contribution in [3.8, 4) is 0 Å². The molecule has 17 heavy (non-hydrogen) atoms. The number of hydrogen-bond acceptors (Lipinski definition) is 4. The fourth-order valence-corrected chi connectivity index (χ4v) is 1.28. The number of hydrogen-bond donors (Lipinski definition) is 1. The summed E-state index contributed by atoms with van der Waals surface area (Å²) >= 11 is 3.12. The molecule has 98 valence electrons. The molecule has 0 aromatic carbocycles. The molecule has 0 saturated carbocycles. The lowest BCUT2D eigenvalue weighted by Crippen LogP contribution is -2.45. The molecule has 0 aromatic heterocycles. The first-order valence-electron chi connectivity index (χ1n) is 5.13. The molecule has 0 unspecified atom stereocenters. The van der Waals surface area contributed by atoms with E-state index < -0.39 is 23.7 Å². The monoisotopic (exact) mass is 307 g/mol. The molecule has 0 rings (SSSR count). The molecule has 0 saturated heterocycles. The van der Waals surface area contributed by atoms with Gasteiger partial charge in [-0.1, -0.05) is 28.6 Å². The molecular formula is C11H18BrNO4. The van der Waals surface area contributed by atoms with Crippen LogP contribution in [0.2, 0.25) is 0 Å². The molecule has 0 aromatic rings. The summed E-state index contributed by atoms with van der Waals surface area (Å²) in [7, 11) is 0. The van der Waals surface area contributed by atoms with E-state index >= 15 is 0 Å². The van der Waals surface area contributed by atoms with E-state index in [-0.39, 0.29) is 11.9 Å². The van der Waals surface area contributed by atoms with E-state index in [9.17, 15) is 9.59 Å². The van der Waals surface area contributed by atoms with Crippen LogP contribution in [0.15, 0.2) is 12.7 Å². The first kappa shape index (κ1) is 16.0. The van der Waals surface area contributed by atoms with Crippen LogP contribution in [0.4, 0.5) is 4.79 Å². The van der Waals surface area contributed by atoms with Gasteiger partial charge in [0.05, 0.1) is 0 Å². The summed E-state index contributed by atoms with van der Waals surface area (Å²) in [6.07, 6.45) is 0.800. The van der Waals surface area contributed by atoms with Crippen LogP contribution in [0.1, 0.15) is 20.8 Å². The lowest BCUT2D eigenvalue weighted by Gasteiger charge is -2.22. The topological polar surface area (TPSA) is 64.6 Å². The van der Waals surface area contributed by atoms with Gasteiger partial charge in [0.1, 0.15) is 18.2 Å². The van der Waals surface area contributed by atoms with Crippen molar-refractivity contribution >= 4 is 28.0 Å². The molecule has 0 spiro atoms. The van der Waals surface area contributed by atoms with Crippen LogP contribution >= 0.6 is 15.9 Å². The molecule has 0 heterocycles. The summed E-state index contributed by atoms with van der Waals surface area (Å²) in [4.78, 5) is 22.9. The number of nitrogens with one attached hydrogen (secondary N) is 1. The lowest BCUT2D eigenvalue weighted by atomic mass is 10.2. The van der Waals surface area contributed by atoms with E-state index in [0.29, 0.717) is 0 Å². The number of rotatable bonds is 5. The Morgan fingerprint density at radius 3 is 2.47 bits per heavy atom. The molecule has 0 radical (unpaired) electrons. The number of carbonyl (C=O) groups excluding carboxylic acids is 2. The first-order valence-corrected chi connectivity index (χ1v) is 6.25. The second-order valence-electron chi connectivity index (χ2n) is 4.27. The number of alkyl carbamates (subject to hydrolysis) is 1. The molecule has 0 aliphatic heterocycles. The number of ether oxygens (including phenoxy) is 2. The van der Waals surface area contributed by atoms with Gasteiger partial charge in [0.15, 0.2) is 0 Å². The number of halogens is 1. The highest BCUT2D eigenvalue weighted by molar-refractivity contribution is 9.09. The molecule has 6 heteroatoms. The minimum atomic E-state index is -0.773. The van der Waals surface area contributed by atoms with Crippen LogP contribution in [0, 0.1) is 0 Å². The summed E-state index contributed by atoms with van der Waals surface area (Å²) in [5.74, 6) is -0.535. The van der Waals surface area contributed by atoms with Crippen LogP contribution in [0.25, 0.3) is 0 Å². The molecule has 0 aliphatic carbocycles. The van der Waals surface area contributed by atoms with Gasteiger partial charge >= 0.3 is 12.1 Å². The molecule has 1 N–H and O–H groups in total. The second-order valence-corrected chi connectivity index (χ2v) is 4.92. The van der Waals surface area contributed by atoms with Gasteiger partial charge in [-0.3, -0.25) is 0 Å². The molecule has 0 aliphatic rings. The lowest BCUT2D eigenvalue weighted by molar-refractivity contribution is -0.144. The molecule has 0 fully saturated rings. The third-order valence-electron chi connectivity index (χ3n) is 1.47. The van der Waals surface area contributed by atoms with Crippen molar-refractivity contribution in [1.29, 1.82) is 0 Å². The average Bonchev–Trinajstić information content (AvgIpc) is 2.19. The van der Waals surface area contributed by atoms with Crippen molar-refractivity contribution in [3.63, 3.8) is 0 Å². The Balaban J connectivity index is 4.25. The smallest absolute Gasteiger partial charge is 0.408 e. The number of amides is 1. The summed E-state index contributed by atoms with van der Waals surface area (Å²) in [5.41, 5.74) is -0.605. The van der Waals surface area contributed by atoms with Gasteiger partial charge in [-0.25, -0.2) is 9.59 Å². The van der Waals surface area contributed by atoms with Gasteiger partial charge in [0, 0.05) is 5.33 Å². The van der Waals surface area contributed by atoms with Crippen LogP contribution in [-0.2, 0) is 14.3 Å². The zero-order valence-corrected chi connectivity index (χ0v) is 11.9. The highest BCUT2D eigenvalue weighted by Crippen LogP contribution is 2.07. The van der Waals surface area contributed by atoms with Gasteiger partial charge in [-0.2, -0.15) is 0 Å². The minimum absolute atomic E-state index is 0.109. The van der Waals surface area contributed by atoms with Crippen molar-refractivity contribution in [2.45, 2.75) is 32.4 Å². The predicted octanol–water partition coefficient (Wildman–Crippen LogP) is 2.00. The average molecular weight is 308 g/mol. The van der Waals surface area contributed by atoms with E-state index in [1.807, 2.05) is 0 Å². The molecular weight excluding hydrogens is 290 g/mol. The van der Waals surface area contributed by atoms with E-state index in [1.165, 1.54) is 6.08 Å². The van der Waals surface area contributed by atoms with Crippen molar-refractivity contribution in [3.05, 3.63) is 12.7 Å². The van der Waals surface area contributed by atoms with Crippen LogP contribution in [-0.4, -0.2) is 35.6 Å². The quantitative estimate of drug-likeness (QED) is 0.479. The largest absolute Gasteiger partial charge is 0.460 e. The maximum atomic E-state index is 11.5. The Morgan fingerprint density at radius 2 is 2.06 bits per heavy atom. The Bertz CT molecular complexity index is 286. The van der Waals surface area contributed by atoms with Crippen molar-refractivity contribution < 1.29 is 19.1 Å². The standard InChI is InChI=1S/C11H18BrNO4/c1-5-6-16-9(14)8(7-12)13-10(15)17-11(2,3)4/h5,8H,1,6-7H2,2-4H3,(H,13,15)/t8-/m0/s1. The van der Waals surface area contributed by atoms with Crippen molar-refractivity contribution in [1.82, 2.24) is 5.32 Å². The fourth-order valence-electron chi connectivity index (χ4n) is 0.852. The van der Waals surface area contributed by atoms with Gasteiger partial charge in [-0.05, 0) is 20.8 Å². The first-order chi connectivity index (χ1) is 7.80. The third-order valence-corrected chi connectivity index (χ3v) is 2.12. The number of alkyl halides is 1. The summed E-state index contributed by atoms with van der Waals surface area (Å²) in [6.45, 7) is 8.76.